The minimum Gasteiger partial charge on any atom is -0.309 e. The first-order chi connectivity index (χ1) is 35.0. The van der Waals surface area contributed by atoms with Crippen LogP contribution in [0, 0.1) is 58.5 Å². The Labute approximate surface area is 409 Å². The van der Waals surface area contributed by atoms with Gasteiger partial charge in [-0.25, -0.2) is 9.69 Å². The van der Waals surface area contributed by atoms with Gasteiger partial charge in [-0.3, -0.25) is 0 Å². The van der Waals surface area contributed by atoms with Crippen LogP contribution in [0.5, 0.6) is 0 Å². The highest BCUT2D eigenvalue weighted by molar-refractivity contribution is 6.13. The van der Waals surface area contributed by atoms with E-state index in [1.807, 2.05) is 115 Å². The molecule has 0 bridgehead atoms. The molecule has 0 spiro atoms. The highest BCUT2D eigenvalue weighted by Gasteiger charge is 2.31. The first-order valence-corrected chi connectivity index (χ1v) is 22.3. The van der Waals surface area contributed by atoms with Crippen LogP contribution in [0.1, 0.15) is 27.8 Å². The molecule has 9 aromatic carbocycles. The maximum absolute atomic E-state index is 14.0. The van der Waals surface area contributed by atoms with E-state index in [1.165, 1.54) is 6.07 Å². The van der Waals surface area contributed by atoms with Crippen LogP contribution < -0.4 is 0 Å². The first-order valence-electron chi connectivity index (χ1n) is 22.3. The average molecular weight is 931 g/mol. The molecule has 0 saturated heterocycles. The lowest BCUT2D eigenvalue weighted by Gasteiger charge is -2.21. The summed E-state index contributed by atoms with van der Waals surface area (Å²) < 4.78 is 46.3. The number of nitriles is 4. The van der Waals surface area contributed by atoms with Gasteiger partial charge >= 0.3 is 6.18 Å². The van der Waals surface area contributed by atoms with E-state index < -0.39 is 11.7 Å². The molecule has 11 rings (SSSR count). The van der Waals surface area contributed by atoms with E-state index in [0.717, 1.165) is 66.9 Å². The molecule has 0 radical (unpaired) electrons. The molecule has 0 saturated carbocycles. The third-order valence-corrected chi connectivity index (χ3v) is 13.1. The number of rotatable bonds is 6. The van der Waals surface area contributed by atoms with E-state index in [1.54, 1.807) is 48.5 Å². The third kappa shape index (κ3) is 7.20. The molecule has 334 valence electrons. The molecule has 72 heavy (non-hydrogen) atoms. The quantitative estimate of drug-likeness (QED) is 0.154. The molecule has 0 aliphatic rings. The number of fused-ring (bicyclic) bond motifs is 6. The normalized spacial score (nSPS) is 11.2. The molecule has 11 aromatic rings. The van der Waals surface area contributed by atoms with Gasteiger partial charge in [-0.1, -0.05) is 66.7 Å². The van der Waals surface area contributed by atoms with Crippen LogP contribution >= 0.6 is 0 Å². The number of aromatic nitrogens is 2. The number of hydrogen-bond acceptors (Lipinski definition) is 4. The zero-order valence-electron chi connectivity index (χ0n) is 37.5. The number of nitrogens with zero attached hydrogens (tertiary/aromatic N) is 8. The largest absolute Gasteiger partial charge is 0.416 e. The molecule has 0 amide bonds. The topological polar surface area (TPSA) is 114 Å². The monoisotopic (exact) mass is 930 g/mol. The van der Waals surface area contributed by atoms with E-state index in [9.17, 15) is 34.2 Å². The number of hydrogen-bond donors (Lipinski definition) is 0. The lowest BCUT2D eigenvalue weighted by atomic mass is 9.91. The van der Waals surface area contributed by atoms with Crippen LogP contribution in [0.15, 0.2) is 176 Å². The Kier molecular flexibility index (Phi) is 10.4. The van der Waals surface area contributed by atoms with E-state index in [4.69, 9.17) is 13.1 Å². The van der Waals surface area contributed by atoms with Crippen LogP contribution in [-0.4, -0.2) is 9.13 Å². The minimum absolute atomic E-state index is 0.175. The number of benzene rings is 9. The van der Waals surface area contributed by atoms with Crippen LogP contribution in [0.25, 0.3) is 109 Å². The molecule has 0 atom stereocenters. The SMILES string of the molecule is [C-]#[N+]c1cc(C#N)cc(-c2ccc3c(c2)c2ccccc2n3-c2ccc(-c3ccc(C(F)(F)F)cc3C#N)cc2-c2c(C#N)cccc2-n2c3ccccc3c3cc(-c4cc(C#N)cc([N+]#[C-])c4)ccc32)c1. The summed E-state index contributed by atoms with van der Waals surface area (Å²) >= 11 is 0. The molecule has 8 nitrogen and oxygen atoms in total. The van der Waals surface area contributed by atoms with Gasteiger partial charge in [0.1, 0.15) is 0 Å². The Morgan fingerprint density at radius 3 is 1.46 bits per heavy atom. The Hall–Kier alpha value is -10.7. The summed E-state index contributed by atoms with van der Waals surface area (Å²) in [6, 6.07) is 60.4. The summed E-state index contributed by atoms with van der Waals surface area (Å²) in [6.45, 7) is 15.3. The van der Waals surface area contributed by atoms with Crippen molar-refractivity contribution in [3.05, 3.63) is 227 Å². The Morgan fingerprint density at radius 1 is 0.403 bits per heavy atom. The average Bonchev–Trinajstić information content (AvgIpc) is 3.93. The van der Waals surface area contributed by atoms with Crippen molar-refractivity contribution in [2.45, 2.75) is 6.18 Å². The van der Waals surface area contributed by atoms with Gasteiger partial charge < -0.3 is 9.13 Å². The Bertz CT molecular complexity index is 4350. The molecule has 2 heterocycles. The van der Waals surface area contributed by atoms with Crippen molar-refractivity contribution in [2.24, 2.45) is 0 Å². The molecule has 0 N–H and O–H groups in total. The van der Waals surface area contributed by atoms with Crippen molar-refractivity contribution in [1.29, 1.82) is 21.0 Å². The van der Waals surface area contributed by atoms with Gasteiger partial charge in [-0.2, -0.15) is 34.2 Å². The summed E-state index contributed by atoms with van der Waals surface area (Å²) in [5.41, 5.74) is 9.75. The first kappa shape index (κ1) is 43.9. The van der Waals surface area contributed by atoms with Gasteiger partial charge in [0.2, 0.25) is 0 Å². The summed E-state index contributed by atoms with van der Waals surface area (Å²) in [4.78, 5) is 7.20. The number of alkyl halides is 3. The lowest BCUT2D eigenvalue weighted by Crippen LogP contribution is -2.06. The van der Waals surface area contributed by atoms with Crippen molar-refractivity contribution >= 4 is 55.0 Å². The van der Waals surface area contributed by atoms with Gasteiger partial charge in [0, 0.05) is 43.8 Å². The van der Waals surface area contributed by atoms with Gasteiger partial charge in [0.25, 0.3) is 0 Å². The van der Waals surface area contributed by atoms with Gasteiger partial charge in [-0.15, -0.1) is 0 Å². The fourth-order valence-corrected chi connectivity index (χ4v) is 9.90. The van der Waals surface area contributed by atoms with Crippen LogP contribution in [0.4, 0.5) is 24.5 Å². The second kappa shape index (κ2) is 17.1. The van der Waals surface area contributed by atoms with Crippen LogP contribution in [-0.2, 0) is 6.18 Å². The smallest absolute Gasteiger partial charge is 0.309 e. The molecular weight excluding hydrogens is 902 g/mol. The van der Waals surface area contributed by atoms with Crippen molar-refractivity contribution in [3.8, 4) is 80.2 Å². The van der Waals surface area contributed by atoms with E-state index in [-0.39, 0.29) is 11.1 Å². The standard InChI is InChI=1S/C61H29F3N8/c1-69-46-24-36(32-65)22-42(27-46)38-14-19-56-51(29-38)49-9-3-5-11-54(49)71(56)58-21-16-40(48-18-17-45(61(62,63)64)26-44(48)35-68)31-53(58)60-41(34-67)8-7-13-59(60)72-55-12-6-4-10-50(55)52-30-39(15-20-57(52)72)43-23-37(33-66)25-47(28-43)70-2/h3-31H. The van der Waals surface area contributed by atoms with Gasteiger partial charge in [0.05, 0.1) is 87.6 Å². The molecule has 0 aliphatic heterocycles. The van der Waals surface area contributed by atoms with E-state index in [2.05, 4.69) is 37.0 Å². The van der Waals surface area contributed by atoms with Crippen molar-refractivity contribution < 1.29 is 13.2 Å². The van der Waals surface area contributed by atoms with E-state index in [0.29, 0.717) is 67.3 Å². The third-order valence-electron chi connectivity index (χ3n) is 13.1. The summed E-state index contributed by atoms with van der Waals surface area (Å²) in [5, 5.41) is 44.6. The Balaban J connectivity index is 1.22. The predicted molar refractivity (Wildman–Crippen MR) is 273 cm³/mol. The molecule has 0 unspecified atom stereocenters. The van der Waals surface area contributed by atoms with Gasteiger partial charge in [-0.05, 0) is 143 Å². The van der Waals surface area contributed by atoms with Crippen LogP contribution in [0.2, 0.25) is 0 Å². The second-order valence-corrected chi connectivity index (χ2v) is 17.1. The molecule has 2 aromatic heterocycles. The molecular formula is C61H29F3N8. The fourth-order valence-electron chi connectivity index (χ4n) is 9.90. The highest BCUT2D eigenvalue weighted by atomic mass is 19.4. The van der Waals surface area contributed by atoms with Crippen molar-refractivity contribution in [1.82, 2.24) is 9.13 Å². The fraction of sp³-hybridized carbons (Fsp3) is 0.0164. The zero-order valence-corrected chi connectivity index (χ0v) is 37.5. The number of halogens is 3. The highest BCUT2D eigenvalue weighted by Crippen LogP contribution is 2.45. The van der Waals surface area contributed by atoms with Crippen LogP contribution in [0.3, 0.4) is 0 Å². The summed E-state index contributed by atoms with van der Waals surface area (Å²) in [5.74, 6) is 0. The Morgan fingerprint density at radius 2 is 0.931 bits per heavy atom. The second-order valence-electron chi connectivity index (χ2n) is 17.1. The molecule has 0 aliphatic carbocycles. The summed E-state index contributed by atoms with van der Waals surface area (Å²) in [6.07, 6.45) is -4.68. The maximum Gasteiger partial charge on any atom is 0.416 e. The van der Waals surface area contributed by atoms with E-state index >= 15 is 0 Å². The molecule has 0 fully saturated rings. The number of para-hydroxylation sites is 2. The summed E-state index contributed by atoms with van der Waals surface area (Å²) in [7, 11) is 0. The van der Waals surface area contributed by atoms with Crippen molar-refractivity contribution in [3.63, 3.8) is 0 Å². The minimum atomic E-state index is -4.68. The van der Waals surface area contributed by atoms with Crippen molar-refractivity contribution in [2.75, 3.05) is 0 Å². The zero-order chi connectivity index (χ0) is 49.8. The maximum atomic E-state index is 14.0. The molecule has 11 heteroatoms. The van der Waals surface area contributed by atoms with Gasteiger partial charge in [0.15, 0.2) is 11.4 Å². The predicted octanol–water partition coefficient (Wildman–Crippen LogP) is 16.2. The lowest BCUT2D eigenvalue weighted by molar-refractivity contribution is -0.137.